The van der Waals surface area contributed by atoms with Crippen molar-refractivity contribution in [1.82, 2.24) is 0 Å². The number of rotatable bonds is 4. The van der Waals surface area contributed by atoms with Gasteiger partial charge in [0.15, 0.2) is 0 Å². The van der Waals surface area contributed by atoms with Crippen LogP contribution in [0.15, 0.2) is 25.5 Å². The Balaban J connectivity index is 0. The fourth-order valence-corrected chi connectivity index (χ4v) is 0.260. The average Bonchev–Trinajstić information content (AvgIpc) is 2.01. The molecule has 0 aromatic rings. The largest absolute Gasteiger partial charge is 0.502 e. The molecular formula is C9H17ClO. The van der Waals surface area contributed by atoms with E-state index < -0.39 is 0 Å². The Morgan fingerprint density at radius 1 is 1.45 bits per heavy atom. The minimum Gasteiger partial charge on any atom is -0.502 e. The summed E-state index contributed by atoms with van der Waals surface area (Å²) in [4.78, 5) is 0. The third kappa shape index (κ3) is 26.3. The molecular weight excluding hydrogens is 160 g/mol. The quantitative estimate of drug-likeness (QED) is 0.363. The van der Waals surface area contributed by atoms with Crippen molar-refractivity contribution >= 4 is 11.6 Å². The molecule has 0 N–H and O–H groups in total. The lowest BCUT2D eigenvalue weighted by Crippen LogP contribution is -1.95. The van der Waals surface area contributed by atoms with Crippen LogP contribution in [-0.4, -0.2) is 12.5 Å². The summed E-state index contributed by atoms with van der Waals surface area (Å²) in [7, 11) is 0. The van der Waals surface area contributed by atoms with Crippen molar-refractivity contribution in [1.29, 1.82) is 0 Å². The number of hydrogen-bond acceptors (Lipinski definition) is 1. The van der Waals surface area contributed by atoms with E-state index in [1.165, 1.54) is 6.26 Å². The van der Waals surface area contributed by atoms with Gasteiger partial charge in [0.05, 0.1) is 12.9 Å². The zero-order valence-electron chi connectivity index (χ0n) is 7.35. The summed E-state index contributed by atoms with van der Waals surface area (Å²) in [5, 5.41) is 0. The van der Waals surface area contributed by atoms with Crippen LogP contribution in [-0.2, 0) is 4.74 Å². The molecule has 0 bridgehead atoms. The van der Waals surface area contributed by atoms with Crippen LogP contribution in [0.25, 0.3) is 0 Å². The van der Waals surface area contributed by atoms with Gasteiger partial charge in [-0.3, -0.25) is 0 Å². The molecule has 0 aromatic carbocycles. The second-order valence-electron chi connectivity index (χ2n) is 2.34. The van der Waals surface area contributed by atoms with Crippen molar-refractivity contribution < 1.29 is 4.74 Å². The highest BCUT2D eigenvalue weighted by Crippen LogP contribution is 1.90. The molecule has 0 fully saturated rings. The highest BCUT2D eigenvalue weighted by atomic mass is 35.5. The van der Waals surface area contributed by atoms with Gasteiger partial charge in [-0.15, -0.1) is 18.2 Å². The first-order valence-electron chi connectivity index (χ1n) is 3.58. The van der Waals surface area contributed by atoms with Crippen molar-refractivity contribution in [2.75, 3.05) is 12.5 Å². The molecule has 0 aliphatic rings. The molecule has 0 heterocycles. The molecule has 0 rings (SSSR count). The maximum absolute atomic E-state index is 5.07. The van der Waals surface area contributed by atoms with Gasteiger partial charge in [0.25, 0.3) is 0 Å². The van der Waals surface area contributed by atoms with Crippen molar-refractivity contribution in [3.8, 4) is 0 Å². The van der Waals surface area contributed by atoms with Gasteiger partial charge in [-0.1, -0.05) is 26.5 Å². The van der Waals surface area contributed by atoms with Crippen LogP contribution < -0.4 is 0 Å². The number of allylic oxidation sites excluding steroid dienone is 1. The topological polar surface area (TPSA) is 9.23 Å². The van der Waals surface area contributed by atoms with Gasteiger partial charge in [-0.05, 0) is 5.92 Å². The van der Waals surface area contributed by atoms with E-state index in [4.69, 9.17) is 16.3 Å². The minimum absolute atomic E-state index is 0.556. The first-order chi connectivity index (χ1) is 5.18. The summed E-state index contributed by atoms with van der Waals surface area (Å²) in [5.74, 6) is 1.16. The van der Waals surface area contributed by atoms with Crippen molar-refractivity contribution in [2.45, 2.75) is 13.8 Å². The van der Waals surface area contributed by atoms with Crippen molar-refractivity contribution in [3.63, 3.8) is 0 Å². The van der Waals surface area contributed by atoms with Gasteiger partial charge >= 0.3 is 0 Å². The standard InChI is InChI=1S/C6H12O.C3H5Cl/c1-4-7-5-6(2)3;1-2-3-4/h4,6H,1,5H2,2-3H3;2H,1,3H2. The lowest BCUT2D eigenvalue weighted by atomic mass is 10.2. The van der Waals surface area contributed by atoms with Gasteiger partial charge in [0, 0.05) is 5.88 Å². The monoisotopic (exact) mass is 176 g/mol. The van der Waals surface area contributed by atoms with Gasteiger partial charge < -0.3 is 4.74 Å². The fourth-order valence-electron chi connectivity index (χ4n) is 0.260. The molecule has 0 spiro atoms. The third-order valence-electron chi connectivity index (χ3n) is 0.657. The maximum atomic E-state index is 5.07. The van der Waals surface area contributed by atoms with Crippen LogP contribution in [0.3, 0.4) is 0 Å². The predicted octanol–water partition coefficient (Wildman–Crippen LogP) is 3.21. The van der Waals surface area contributed by atoms with E-state index in [0.717, 1.165) is 6.61 Å². The molecule has 11 heavy (non-hydrogen) atoms. The van der Waals surface area contributed by atoms with Gasteiger partial charge in [0.1, 0.15) is 0 Å². The molecule has 0 aliphatic carbocycles. The Labute approximate surface area is 74.7 Å². The lowest BCUT2D eigenvalue weighted by Gasteiger charge is -2.00. The summed E-state index contributed by atoms with van der Waals surface area (Å²) in [6.45, 7) is 11.7. The summed E-state index contributed by atoms with van der Waals surface area (Å²) in [5.41, 5.74) is 0. The van der Waals surface area contributed by atoms with Crippen molar-refractivity contribution in [3.05, 3.63) is 25.5 Å². The minimum atomic E-state index is 0.556. The molecule has 0 unspecified atom stereocenters. The Morgan fingerprint density at radius 3 is 2.00 bits per heavy atom. The van der Waals surface area contributed by atoms with Gasteiger partial charge in [-0.2, -0.15) is 0 Å². The van der Waals surface area contributed by atoms with Crippen LogP contribution in [0.1, 0.15) is 13.8 Å². The highest BCUT2D eigenvalue weighted by molar-refractivity contribution is 6.18. The Kier molecular flexibility index (Phi) is 14.7. The number of ether oxygens (including phenoxy) is 1. The number of hydrogen-bond donors (Lipinski definition) is 0. The average molecular weight is 177 g/mol. The van der Waals surface area contributed by atoms with Crippen LogP contribution >= 0.6 is 11.6 Å². The van der Waals surface area contributed by atoms with E-state index in [2.05, 4.69) is 27.0 Å². The molecule has 0 aromatic heterocycles. The molecule has 0 radical (unpaired) electrons. The first kappa shape index (κ1) is 13.2. The van der Waals surface area contributed by atoms with E-state index >= 15 is 0 Å². The number of halogens is 1. The second kappa shape index (κ2) is 12.3. The van der Waals surface area contributed by atoms with E-state index in [1.807, 2.05) is 0 Å². The zero-order chi connectivity index (χ0) is 9.11. The third-order valence-corrected chi connectivity index (χ3v) is 0.875. The van der Waals surface area contributed by atoms with Crippen LogP contribution in [0.4, 0.5) is 0 Å². The molecule has 0 saturated heterocycles. The van der Waals surface area contributed by atoms with Crippen LogP contribution in [0.5, 0.6) is 0 Å². The molecule has 0 amide bonds. The summed E-state index contributed by atoms with van der Waals surface area (Å²) >= 11 is 5.07. The SMILES string of the molecule is C=CCCl.C=COCC(C)C. The molecule has 0 atom stereocenters. The highest BCUT2D eigenvalue weighted by Gasteiger charge is 1.87. The molecule has 2 heteroatoms. The van der Waals surface area contributed by atoms with Gasteiger partial charge in [-0.25, -0.2) is 0 Å². The van der Waals surface area contributed by atoms with E-state index in [-0.39, 0.29) is 0 Å². The summed E-state index contributed by atoms with van der Waals surface area (Å²) in [6, 6.07) is 0. The van der Waals surface area contributed by atoms with Crippen LogP contribution in [0, 0.1) is 5.92 Å². The smallest absolute Gasteiger partial charge is 0.0895 e. The molecule has 0 aliphatic heterocycles. The van der Waals surface area contributed by atoms with Crippen LogP contribution in [0.2, 0.25) is 0 Å². The fraction of sp³-hybridized carbons (Fsp3) is 0.556. The summed E-state index contributed by atoms with van der Waals surface area (Å²) in [6.07, 6.45) is 3.11. The summed E-state index contributed by atoms with van der Waals surface area (Å²) < 4.78 is 4.86. The van der Waals surface area contributed by atoms with E-state index in [1.54, 1.807) is 6.08 Å². The molecule has 66 valence electrons. The van der Waals surface area contributed by atoms with Crippen molar-refractivity contribution in [2.24, 2.45) is 5.92 Å². The Hall–Kier alpha value is -0.430. The Bertz CT molecular complexity index is 89.6. The zero-order valence-corrected chi connectivity index (χ0v) is 8.10. The van der Waals surface area contributed by atoms with Gasteiger partial charge in [0.2, 0.25) is 0 Å². The Morgan fingerprint density at radius 2 is 1.91 bits per heavy atom. The second-order valence-corrected chi connectivity index (χ2v) is 2.65. The van der Waals surface area contributed by atoms with E-state index in [9.17, 15) is 0 Å². The lowest BCUT2D eigenvalue weighted by molar-refractivity contribution is 0.212. The number of alkyl halides is 1. The molecule has 0 saturated carbocycles. The predicted molar refractivity (Wildman–Crippen MR) is 51.9 cm³/mol. The first-order valence-corrected chi connectivity index (χ1v) is 4.11. The normalized spacial score (nSPS) is 8.00. The molecule has 1 nitrogen and oxygen atoms in total. The maximum Gasteiger partial charge on any atom is 0.0895 e. The van der Waals surface area contributed by atoms with E-state index in [0.29, 0.717) is 11.8 Å².